The van der Waals surface area contributed by atoms with Crippen molar-refractivity contribution in [1.29, 1.82) is 0 Å². The molecule has 1 heterocycles. The van der Waals surface area contributed by atoms with Crippen molar-refractivity contribution in [2.75, 3.05) is 0 Å². The maximum absolute atomic E-state index is 12.7. The van der Waals surface area contributed by atoms with Crippen LogP contribution in [0.1, 0.15) is 81.2 Å². The SMILES string of the molecule is CC(C)N/C=C\NS(N)(=O)=NC(=O)Cc1c(C(C)C)cc2c(c1C(C)C)COC2. The molecule has 1 aliphatic heterocycles. The van der Waals surface area contributed by atoms with E-state index in [1.165, 1.54) is 17.3 Å². The van der Waals surface area contributed by atoms with Crippen molar-refractivity contribution in [2.45, 2.75) is 79.1 Å². The van der Waals surface area contributed by atoms with E-state index in [1.54, 1.807) is 6.20 Å². The predicted molar refractivity (Wildman–Crippen MR) is 117 cm³/mol. The zero-order valence-electron chi connectivity index (χ0n) is 18.2. The number of nitrogens with zero attached hydrogens (tertiary/aromatic N) is 1. The van der Waals surface area contributed by atoms with Gasteiger partial charge in [0.15, 0.2) is 10.1 Å². The Kier molecular flexibility index (Phi) is 7.85. The van der Waals surface area contributed by atoms with Gasteiger partial charge in [-0.1, -0.05) is 33.8 Å². The number of fused-ring (bicyclic) bond motifs is 1. The van der Waals surface area contributed by atoms with Crippen LogP contribution in [0, 0.1) is 0 Å². The molecule has 7 nitrogen and oxygen atoms in total. The van der Waals surface area contributed by atoms with Crippen LogP contribution in [-0.2, 0) is 39.3 Å². The summed E-state index contributed by atoms with van der Waals surface area (Å²) in [6, 6.07) is 2.37. The van der Waals surface area contributed by atoms with E-state index >= 15 is 0 Å². The number of amides is 1. The molecule has 0 fully saturated rings. The highest BCUT2D eigenvalue weighted by atomic mass is 32.2. The lowest BCUT2D eigenvalue weighted by molar-refractivity contribution is -0.117. The maximum atomic E-state index is 12.7. The summed E-state index contributed by atoms with van der Waals surface area (Å²) in [7, 11) is -3.35. The van der Waals surface area contributed by atoms with E-state index in [4.69, 9.17) is 9.88 Å². The molecule has 0 aliphatic carbocycles. The predicted octanol–water partition coefficient (Wildman–Crippen LogP) is 3.35. The van der Waals surface area contributed by atoms with Gasteiger partial charge in [-0.2, -0.15) is 0 Å². The van der Waals surface area contributed by atoms with Gasteiger partial charge in [0.25, 0.3) is 5.91 Å². The summed E-state index contributed by atoms with van der Waals surface area (Å²) < 4.78 is 24.4. The molecule has 0 radical (unpaired) electrons. The van der Waals surface area contributed by atoms with Gasteiger partial charge in [-0.15, -0.1) is 4.36 Å². The molecule has 0 aromatic heterocycles. The van der Waals surface area contributed by atoms with Crippen LogP contribution in [-0.4, -0.2) is 16.2 Å². The first-order valence-corrected chi connectivity index (χ1v) is 11.6. The molecule has 1 aromatic rings. The highest BCUT2D eigenvalue weighted by Crippen LogP contribution is 2.37. The Morgan fingerprint density at radius 2 is 1.90 bits per heavy atom. The van der Waals surface area contributed by atoms with Crippen molar-refractivity contribution in [2.24, 2.45) is 9.50 Å². The molecule has 1 atom stereocenters. The van der Waals surface area contributed by atoms with Gasteiger partial charge >= 0.3 is 0 Å². The summed E-state index contributed by atoms with van der Waals surface area (Å²) in [5.41, 5.74) is 5.57. The maximum Gasteiger partial charge on any atom is 0.260 e. The Morgan fingerprint density at radius 3 is 2.48 bits per heavy atom. The standard InChI is InChI=1S/C21H34N4O3S/c1-13(2)17-9-16-11-28-12-19(16)21(14(3)4)18(17)10-20(26)25-29(22,27)24-8-7-23-15(5)6/h7-9,13-15,23H,10-12H2,1-6H3,(H3,22,24,25,26,27)/b8-7-. The largest absolute Gasteiger partial charge is 0.388 e. The van der Waals surface area contributed by atoms with E-state index in [2.05, 4.69) is 48.2 Å². The Hall–Kier alpha value is -1.90. The summed E-state index contributed by atoms with van der Waals surface area (Å²) in [6.45, 7) is 13.5. The third-order valence-corrected chi connectivity index (χ3v) is 5.68. The number of hydrogen-bond acceptors (Lipinski definition) is 4. The molecule has 162 valence electrons. The third kappa shape index (κ3) is 6.29. The van der Waals surface area contributed by atoms with Crippen molar-refractivity contribution >= 4 is 16.0 Å². The van der Waals surface area contributed by atoms with Gasteiger partial charge in [0.1, 0.15) is 0 Å². The van der Waals surface area contributed by atoms with E-state index in [0.717, 1.165) is 16.7 Å². The fourth-order valence-electron chi connectivity index (χ4n) is 3.58. The van der Waals surface area contributed by atoms with Crippen molar-refractivity contribution in [3.8, 4) is 0 Å². The molecule has 4 N–H and O–H groups in total. The summed E-state index contributed by atoms with van der Waals surface area (Å²) in [6.07, 6.45) is 3.06. The van der Waals surface area contributed by atoms with E-state index in [1.807, 2.05) is 13.8 Å². The molecule has 0 spiro atoms. The molecular formula is C21H34N4O3S. The van der Waals surface area contributed by atoms with Gasteiger partial charge in [-0.05, 0) is 53.5 Å². The quantitative estimate of drug-likeness (QED) is 0.597. The summed E-state index contributed by atoms with van der Waals surface area (Å²) in [4.78, 5) is 12.7. The molecule has 1 aliphatic rings. The number of carbonyl (C=O) groups excluding carboxylic acids is 1. The van der Waals surface area contributed by atoms with Gasteiger partial charge in [0, 0.05) is 18.4 Å². The normalized spacial score (nSPS) is 15.8. The number of nitrogens with one attached hydrogen (secondary N) is 2. The topological polar surface area (TPSA) is 106 Å². The first-order valence-electron chi connectivity index (χ1n) is 10.0. The molecule has 0 bridgehead atoms. The van der Waals surface area contributed by atoms with E-state index in [-0.39, 0.29) is 24.3 Å². The van der Waals surface area contributed by atoms with Crippen LogP contribution in [0.15, 0.2) is 22.8 Å². The average molecular weight is 423 g/mol. The summed E-state index contributed by atoms with van der Waals surface area (Å²) >= 11 is 0. The second-order valence-electron chi connectivity index (χ2n) is 8.30. The highest BCUT2D eigenvalue weighted by Gasteiger charge is 2.25. The molecule has 1 amide bonds. The number of benzene rings is 1. The zero-order chi connectivity index (χ0) is 21.8. The summed E-state index contributed by atoms with van der Waals surface area (Å²) in [5.74, 6) is -0.0261. The molecule has 1 unspecified atom stereocenters. The Labute approximate surface area is 174 Å². The minimum Gasteiger partial charge on any atom is -0.388 e. The average Bonchev–Trinajstić information content (AvgIpc) is 3.04. The lowest BCUT2D eigenvalue weighted by Crippen LogP contribution is -2.29. The Bertz CT molecular complexity index is 898. The first-order chi connectivity index (χ1) is 13.5. The van der Waals surface area contributed by atoms with E-state index in [9.17, 15) is 9.00 Å². The molecule has 29 heavy (non-hydrogen) atoms. The van der Waals surface area contributed by atoms with Crippen LogP contribution >= 0.6 is 0 Å². The van der Waals surface area contributed by atoms with Crippen LogP contribution in [0.4, 0.5) is 0 Å². The number of carbonyl (C=O) groups is 1. The van der Waals surface area contributed by atoms with E-state index < -0.39 is 16.0 Å². The molecule has 0 saturated heterocycles. The van der Waals surface area contributed by atoms with E-state index in [0.29, 0.717) is 13.2 Å². The molecular weight excluding hydrogens is 388 g/mol. The Morgan fingerprint density at radius 1 is 1.21 bits per heavy atom. The van der Waals surface area contributed by atoms with Crippen molar-refractivity contribution in [3.63, 3.8) is 0 Å². The zero-order valence-corrected chi connectivity index (χ0v) is 19.1. The van der Waals surface area contributed by atoms with Crippen LogP contribution in [0.2, 0.25) is 0 Å². The molecule has 8 heteroatoms. The minimum atomic E-state index is -3.35. The number of ether oxygens (including phenoxy) is 1. The van der Waals surface area contributed by atoms with Gasteiger partial charge < -0.3 is 10.1 Å². The third-order valence-electron chi connectivity index (χ3n) is 4.73. The lowest BCUT2D eigenvalue weighted by Gasteiger charge is -2.22. The van der Waals surface area contributed by atoms with Crippen LogP contribution in [0.25, 0.3) is 0 Å². The Balaban J connectivity index is 2.34. The smallest absolute Gasteiger partial charge is 0.260 e. The fourth-order valence-corrected chi connectivity index (χ4v) is 4.26. The van der Waals surface area contributed by atoms with Gasteiger partial charge in [0.2, 0.25) is 0 Å². The molecule has 1 aromatic carbocycles. The van der Waals surface area contributed by atoms with Crippen LogP contribution < -0.4 is 15.2 Å². The second-order valence-corrected chi connectivity index (χ2v) is 9.86. The van der Waals surface area contributed by atoms with Crippen molar-refractivity contribution < 1.29 is 13.7 Å². The number of hydrogen-bond donors (Lipinski definition) is 3. The van der Waals surface area contributed by atoms with Crippen molar-refractivity contribution in [3.05, 3.63) is 46.3 Å². The van der Waals surface area contributed by atoms with Gasteiger partial charge in [0.05, 0.1) is 19.6 Å². The monoisotopic (exact) mass is 422 g/mol. The van der Waals surface area contributed by atoms with Crippen LogP contribution in [0.5, 0.6) is 0 Å². The van der Waals surface area contributed by atoms with Crippen molar-refractivity contribution in [1.82, 2.24) is 10.0 Å². The van der Waals surface area contributed by atoms with Gasteiger partial charge in [-0.25, -0.2) is 9.35 Å². The second kappa shape index (κ2) is 9.73. The lowest BCUT2D eigenvalue weighted by atomic mass is 9.82. The fraction of sp³-hybridized carbons (Fsp3) is 0.571. The number of nitrogens with two attached hydrogens (primary N) is 1. The molecule has 2 rings (SSSR count). The van der Waals surface area contributed by atoms with Crippen LogP contribution in [0.3, 0.4) is 0 Å². The van der Waals surface area contributed by atoms with Gasteiger partial charge in [-0.3, -0.25) is 9.52 Å². The minimum absolute atomic E-state index is 0.0676. The molecule has 0 saturated carbocycles. The first kappa shape index (κ1) is 23.4. The number of rotatable bonds is 8. The summed E-state index contributed by atoms with van der Waals surface area (Å²) in [5, 5.41) is 8.72. The highest BCUT2D eigenvalue weighted by molar-refractivity contribution is 7.89.